The fourth-order valence-corrected chi connectivity index (χ4v) is 2.41. The summed E-state index contributed by atoms with van der Waals surface area (Å²) in [5.74, 6) is 0. The van der Waals surface area contributed by atoms with Crippen LogP contribution >= 0.6 is 11.8 Å². The quantitative estimate of drug-likeness (QED) is 0.591. The molecule has 0 aliphatic carbocycles. The molecule has 0 aliphatic rings. The first-order valence-electron chi connectivity index (χ1n) is 4.36. The van der Waals surface area contributed by atoms with E-state index in [2.05, 4.69) is 39.5 Å². The van der Waals surface area contributed by atoms with Crippen LogP contribution in [0.15, 0.2) is 0 Å². The van der Waals surface area contributed by atoms with Crippen molar-refractivity contribution >= 4 is 11.8 Å². The molecule has 0 rings (SSSR count). The van der Waals surface area contributed by atoms with Gasteiger partial charge in [-0.05, 0) is 18.1 Å². The molecule has 0 fully saturated rings. The molecular formula is C9H20S. The van der Waals surface area contributed by atoms with E-state index in [9.17, 15) is 0 Å². The van der Waals surface area contributed by atoms with Crippen LogP contribution < -0.4 is 0 Å². The number of thioether (sulfide) groups is 1. The summed E-state index contributed by atoms with van der Waals surface area (Å²) in [6.45, 7) is 9.12. The molecule has 0 aromatic carbocycles. The van der Waals surface area contributed by atoms with Crippen LogP contribution in [0.2, 0.25) is 0 Å². The van der Waals surface area contributed by atoms with E-state index in [4.69, 9.17) is 0 Å². The van der Waals surface area contributed by atoms with E-state index in [1.807, 2.05) is 0 Å². The van der Waals surface area contributed by atoms with Gasteiger partial charge in [0.2, 0.25) is 0 Å². The van der Waals surface area contributed by atoms with Gasteiger partial charge in [-0.3, -0.25) is 0 Å². The fraction of sp³-hybridized carbons (Fsp3) is 1.00. The molecule has 0 amide bonds. The maximum absolute atomic E-state index is 2.29. The molecule has 10 heavy (non-hydrogen) atoms. The predicted octanol–water partition coefficient (Wildman–Crippen LogP) is 3.71. The highest BCUT2D eigenvalue weighted by molar-refractivity contribution is 8.00. The molecule has 0 N–H and O–H groups in total. The van der Waals surface area contributed by atoms with Gasteiger partial charge in [0.1, 0.15) is 0 Å². The Labute approximate surface area is 69.8 Å². The Kier molecular flexibility index (Phi) is 6.30. The van der Waals surface area contributed by atoms with Crippen LogP contribution in [0, 0.1) is 0 Å². The smallest absolute Gasteiger partial charge is 0.00469 e. The van der Waals surface area contributed by atoms with Crippen molar-refractivity contribution in [2.75, 3.05) is 0 Å². The fourth-order valence-electron chi connectivity index (χ4n) is 1.08. The molecule has 0 nitrogen and oxygen atoms in total. The zero-order valence-electron chi connectivity index (χ0n) is 7.68. The van der Waals surface area contributed by atoms with E-state index in [0.717, 1.165) is 10.5 Å². The Morgan fingerprint density at radius 3 is 2.10 bits per heavy atom. The third-order valence-corrected chi connectivity index (χ3v) is 3.03. The Balaban J connectivity index is 3.39. The first-order chi connectivity index (χ1) is 4.70. The van der Waals surface area contributed by atoms with Gasteiger partial charge in [0.25, 0.3) is 0 Å². The highest BCUT2D eigenvalue weighted by atomic mass is 32.2. The molecule has 1 atom stereocenters. The SMILES string of the molecule is CCCC(CC)SC(C)C. The lowest BCUT2D eigenvalue weighted by atomic mass is 10.2. The molecule has 0 saturated heterocycles. The zero-order valence-corrected chi connectivity index (χ0v) is 8.50. The van der Waals surface area contributed by atoms with E-state index in [1.165, 1.54) is 19.3 Å². The van der Waals surface area contributed by atoms with Crippen LogP contribution in [0.1, 0.15) is 47.0 Å². The average molecular weight is 160 g/mol. The van der Waals surface area contributed by atoms with Crippen LogP contribution in [0.5, 0.6) is 0 Å². The number of hydrogen-bond acceptors (Lipinski definition) is 1. The molecule has 1 heteroatoms. The van der Waals surface area contributed by atoms with E-state index >= 15 is 0 Å². The lowest BCUT2D eigenvalue weighted by molar-refractivity contribution is 0.716. The minimum atomic E-state index is 0.802. The summed E-state index contributed by atoms with van der Waals surface area (Å²) in [6, 6.07) is 0. The Hall–Kier alpha value is 0.350. The summed E-state index contributed by atoms with van der Waals surface area (Å²) < 4.78 is 0. The average Bonchev–Trinajstić information content (AvgIpc) is 1.86. The van der Waals surface area contributed by atoms with Gasteiger partial charge in [-0.25, -0.2) is 0 Å². The topological polar surface area (TPSA) is 0 Å². The van der Waals surface area contributed by atoms with Crippen LogP contribution in [-0.2, 0) is 0 Å². The minimum absolute atomic E-state index is 0.802. The molecule has 0 aliphatic heterocycles. The van der Waals surface area contributed by atoms with Crippen molar-refractivity contribution in [3.8, 4) is 0 Å². The van der Waals surface area contributed by atoms with Crippen molar-refractivity contribution in [3.63, 3.8) is 0 Å². The van der Waals surface area contributed by atoms with E-state index in [0.29, 0.717) is 0 Å². The zero-order chi connectivity index (χ0) is 7.98. The van der Waals surface area contributed by atoms with Crippen molar-refractivity contribution in [1.29, 1.82) is 0 Å². The number of hydrogen-bond donors (Lipinski definition) is 0. The Morgan fingerprint density at radius 1 is 1.20 bits per heavy atom. The second kappa shape index (κ2) is 6.09. The van der Waals surface area contributed by atoms with Gasteiger partial charge >= 0.3 is 0 Å². The monoisotopic (exact) mass is 160 g/mol. The van der Waals surface area contributed by atoms with E-state index in [1.54, 1.807) is 0 Å². The van der Waals surface area contributed by atoms with Crippen molar-refractivity contribution in [1.82, 2.24) is 0 Å². The molecule has 0 heterocycles. The third-order valence-electron chi connectivity index (χ3n) is 1.53. The maximum Gasteiger partial charge on any atom is 0.00469 e. The van der Waals surface area contributed by atoms with Gasteiger partial charge in [0.05, 0.1) is 0 Å². The molecular weight excluding hydrogens is 140 g/mol. The van der Waals surface area contributed by atoms with Crippen molar-refractivity contribution in [2.24, 2.45) is 0 Å². The van der Waals surface area contributed by atoms with Gasteiger partial charge < -0.3 is 0 Å². The van der Waals surface area contributed by atoms with Crippen molar-refractivity contribution in [2.45, 2.75) is 57.5 Å². The largest absolute Gasteiger partial charge is 0.156 e. The van der Waals surface area contributed by atoms with Crippen LogP contribution in [0.4, 0.5) is 0 Å². The van der Waals surface area contributed by atoms with Crippen molar-refractivity contribution < 1.29 is 0 Å². The molecule has 0 spiro atoms. The van der Waals surface area contributed by atoms with E-state index in [-0.39, 0.29) is 0 Å². The highest BCUT2D eigenvalue weighted by Crippen LogP contribution is 2.23. The normalized spacial score (nSPS) is 14.1. The lowest BCUT2D eigenvalue weighted by Gasteiger charge is -2.15. The molecule has 62 valence electrons. The Morgan fingerprint density at radius 2 is 1.80 bits per heavy atom. The van der Waals surface area contributed by atoms with Gasteiger partial charge in [-0.15, -0.1) is 0 Å². The molecule has 0 saturated carbocycles. The summed E-state index contributed by atoms with van der Waals surface area (Å²) in [5.41, 5.74) is 0. The van der Waals surface area contributed by atoms with Crippen LogP contribution in [0.3, 0.4) is 0 Å². The van der Waals surface area contributed by atoms with Gasteiger partial charge in [-0.1, -0.05) is 34.1 Å². The summed E-state index contributed by atoms with van der Waals surface area (Å²) in [6.07, 6.45) is 4.05. The highest BCUT2D eigenvalue weighted by Gasteiger charge is 2.06. The Bertz CT molecular complexity index is 69.1. The van der Waals surface area contributed by atoms with Gasteiger partial charge in [0.15, 0.2) is 0 Å². The summed E-state index contributed by atoms with van der Waals surface area (Å²) in [5, 5.41) is 1.71. The first-order valence-corrected chi connectivity index (χ1v) is 5.30. The molecule has 0 aromatic rings. The maximum atomic E-state index is 2.29. The summed E-state index contributed by atoms with van der Waals surface area (Å²) in [7, 11) is 0. The van der Waals surface area contributed by atoms with Gasteiger partial charge in [-0.2, -0.15) is 11.8 Å². The molecule has 0 bridgehead atoms. The third kappa shape index (κ3) is 5.16. The minimum Gasteiger partial charge on any atom is -0.156 e. The van der Waals surface area contributed by atoms with Crippen LogP contribution in [0.25, 0.3) is 0 Å². The standard InChI is InChI=1S/C9H20S/c1-5-7-9(6-2)10-8(3)4/h8-9H,5-7H2,1-4H3. The lowest BCUT2D eigenvalue weighted by Crippen LogP contribution is -2.04. The first kappa shape index (κ1) is 10.3. The molecule has 0 aromatic heterocycles. The second-order valence-electron chi connectivity index (χ2n) is 3.00. The molecule has 0 radical (unpaired) electrons. The number of rotatable bonds is 5. The summed E-state index contributed by atoms with van der Waals surface area (Å²) in [4.78, 5) is 0. The molecule has 1 unspecified atom stereocenters. The van der Waals surface area contributed by atoms with Crippen molar-refractivity contribution in [3.05, 3.63) is 0 Å². The predicted molar refractivity (Wildman–Crippen MR) is 51.7 cm³/mol. The summed E-state index contributed by atoms with van der Waals surface area (Å²) >= 11 is 2.12. The van der Waals surface area contributed by atoms with Crippen LogP contribution in [-0.4, -0.2) is 10.5 Å². The van der Waals surface area contributed by atoms with Gasteiger partial charge in [0, 0.05) is 5.25 Å². The van der Waals surface area contributed by atoms with E-state index < -0.39 is 0 Å². The second-order valence-corrected chi connectivity index (χ2v) is 4.89.